The lowest BCUT2D eigenvalue weighted by molar-refractivity contribution is -0.171. The van der Waals surface area contributed by atoms with E-state index in [4.69, 9.17) is 4.74 Å². The molecule has 0 unspecified atom stereocenters. The second kappa shape index (κ2) is 7.30. The van der Waals surface area contributed by atoms with Gasteiger partial charge in [0.15, 0.2) is 5.78 Å². The van der Waals surface area contributed by atoms with Crippen LogP contribution in [0.15, 0.2) is 54.3 Å². The molecule has 0 bridgehead atoms. The fourth-order valence-electron chi connectivity index (χ4n) is 8.32. The van der Waals surface area contributed by atoms with Crippen molar-refractivity contribution in [2.24, 2.45) is 34.5 Å². The highest BCUT2D eigenvalue weighted by Crippen LogP contribution is 2.69. The summed E-state index contributed by atoms with van der Waals surface area (Å²) in [6, 6.07) is 9.50. The Bertz CT molecular complexity index is 967. The number of hydrogen-bond donors (Lipinski definition) is 2. The zero-order valence-electron chi connectivity index (χ0n) is 19.5. The van der Waals surface area contributed by atoms with Crippen molar-refractivity contribution < 1.29 is 19.7 Å². The van der Waals surface area contributed by atoms with E-state index in [-0.39, 0.29) is 29.0 Å². The van der Waals surface area contributed by atoms with Gasteiger partial charge in [0.1, 0.15) is 17.1 Å². The van der Waals surface area contributed by atoms with Crippen molar-refractivity contribution in [2.45, 2.75) is 71.0 Å². The van der Waals surface area contributed by atoms with Gasteiger partial charge >= 0.3 is 0 Å². The summed E-state index contributed by atoms with van der Waals surface area (Å²) in [4.78, 5) is 12.1. The van der Waals surface area contributed by atoms with Crippen LogP contribution >= 0.6 is 0 Å². The second-order valence-electron chi connectivity index (χ2n) is 11.3. The number of rotatable bonds is 3. The van der Waals surface area contributed by atoms with Crippen molar-refractivity contribution in [3.63, 3.8) is 0 Å². The smallest absolute Gasteiger partial charge is 0.155 e. The van der Waals surface area contributed by atoms with Crippen LogP contribution in [0.2, 0.25) is 0 Å². The molecule has 32 heavy (non-hydrogen) atoms. The molecule has 5 rings (SSSR count). The van der Waals surface area contributed by atoms with E-state index in [1.54, 1.807) is 0 Å². The number of para-hydroxylation sites is 1. The van der Waals surface area contributed by atoms with Crippen LogP contribution in [0.5, 0.6) is 5.75 Å². The number of aliphatic hydroxyl groups excluding tert-OH is 1. The van der Waals surface area contributed by atoms with Crippen LogP contribution in [0, 0.1) is 34.5 Å². The van der Waals surface area contributed by atoms with Crippen LogP contribution in [0.3, 0.4) is 0 Å². The van der Waals surface area contributed by atoms with Crippen LogP contribution in [0.1, 0.15) is 59.3 Å². The first-order valence-electron chi connectivity index (χ1n) is 12.2. The normalized spacial score (nSPS) is 45.3. The average molecular weight is 437 g/mol. The Morgan fingerprint density at radius 2 is 1.91 bits per heavy atom. The molecule has 3 saturated carbocycles. The Kier molecular flexibility index (Phi) is 5.00. The number of ether oxygens (including phenoxy) is 1. The highest BCUT2D eigenvalue weighted by Gasteiger charge is 2.69. The number of allylic oxidation sites excluding steroid dienone is 1. The topological polar surface area (TPSA) is 66.8 Å². The molecule has 0 heterocycles. The van der Waals surface area contributed by atoms with Crippen LogP contribution in [-0.2, 0) is 4.79 Å². The van der Waals surface area contributed by atoms with Crippen molar-refractivity contribution in [1.82, 2.24) is 0 Å². The summed E-state index contributed by atoms with van der Waals surface area (Å²) in [5.74, 6) is 2.00. The molecular formula is C28H36O4. The third kappa shape index (κ3) is 2.85. The van der Waals surface area contributed by atoms with Gasteiger partial charge in [0.2, 0.25) is 0 Å². The molecule has 0 amide bonds. The van der Waals surface area contributed by atoms with E-state index in [0.29, 0.717) is 30.3 Å². The van der Waals surface area contributed by atoms with Gasteiger partial charge < -0.3 is 14.9 Å². The van der Waals surface area contributed by atoms with E-state index in [1.165, 1.54) is 5.57 Å². The van der Waals surface area contributed by atoms with Crippen molar-refractivity contribution in [2.75, 3.05) is 0 Å². The van der Waals surface area contributed by atoms with E-state index < -0.39 is 17.1 Å². The zero-order chi connectivity index (χ0) is 22.9. The molecule has 172 valence electrons. The van der Waals surface area contributed by atoms with Gasteiger partial charge in [0.25, 0.3) is 0 Å². The van der Waals surface area contributed by atoms with Crippen LogP contribution < -0.4 is 4.74 Å². The van der Waals surface area contributed by atoms with Gasteiger partial charge in [0, 0.05) is 11.8 Å². The molecule has 0 aliphatic heterocycles. The molecule has 4 aliphatic carbocycles. The van der Waals surface area contributed by atoms with Crippen molar-refractivity contribution in [3.8, 4) is 5.75 Å². The van der Waals surface area contributed by atoms with Crippen molar-refractivity contribution >= 4 is 5.78 Å². The molecule has 4 aliphatic rings. The van der Waals surface area contributed by atoms with E-state index in [1.807, 2.05) is 36.4 Å². The van der Waals surface area contributed by atoms with Gasteiger partial charge in [0.05, 0.1) is 6.10 Å². The maximum Gasteiger partial charge on any atom is 0.155 e. The van der Waals surface area contributed by atoms with Gasteiger partial charge in [-0.3, -0.25) is 4.79 Å². The van der Waals surface area contributed by atoms with Crippen molar-refractivity contribution in [3.05, 3.63) is 54.3 Å². The molecule has 0 aromatic heterocycles. The number of hydrogen-bond acceptors (Lipinski definition) is 4. The summed E-state index contributed by atoms with van der Waals surface area (Å²) in [6.07, 6.45) is 6.03. The number of fused-ring (bicyclic) bond motifs is 5. The average Bonchev–Trinajstić information content (AvgIpc) is 2.96. The number of aliphatic hydroxyl groups is 2. The van der Waals surface area contributed by atoms with E-state index >= 15 is 0 Å². The maximum atomic E-state index is 12.2. The van der Waals surface area contributed by atoms with Crippen LogP contribution in [-0.4, -0.2) is 27.7 Å². The molecule has 3 fully saturated rings. The predicted octanol–water partition coefficient (Wildman–Crippen LogP) is 5.06. The van der Waals surface area contributed by atoms with Crippen LogP contribution in [0.25, 0.3) is 0 Å². The number of carbonyl (C=O) groups is 1. The fraction of sp³-hybridized carbons (Fsp3) is 0.607. The third-order valence-corrected chi connectivity index (χ3v) is 9.89. The van der Waals surface area contributed by atoms with Gasteiger partial charge in [-0.25, -0.2) is 0 Å². The van der Waals surface area contributed by atoms with Gasteiger partial charge in [-0.1, -0.05) is 51.1 Å². The minimum atomic E-state index is -1.21. The van der Waals surface area contributed by atoms with E-state index in [9.17, 15) is 15.0 Å². The molecule has 0 spiro atoms. The summed E-state index contributed by atoms with van der Waals surface area (Å²) >= 11 is 0. The lowest BCUT2D eigenvalue weighted by Crippen LogP contribution is -2.61. The minimum Gasteiger partial charge on any atom is -0.459 e. The molecule has 0 radical (unpaired) electrons. The largest absolute Gasteiger partial charge is 0.459 e. The summed E-state index contributed by atoms with van der Waals surface area (Å²) < 4.78 is 6.10. The van der Waals surface area contributed by atoms with E-state index in [0.717, 1.165) is 25.7 Å². The van der Waals surface area contributed by atoms with Crippen LogP contribution in [0.4, 0.5) is 0 Å². The Hall–Kier alpha value is -1.91. The highest BCUT2D eigenvalue weighted by molar-refractivity contribution is 5.91. The first kappa shape index (κ1) is 21.9. The molecule has 8 atom stereocenters. The highest BCUT2D eigenvalue weighted by atomic mass is 16.5. The summed E-state index contributed by atoms with van der Waals surface area (Å²) in [5, 5.41) is 23.8. The summed E-state index contributed by atoms with van der Waals surface area (Å²) in [5.41, 5.74) is -0.616. The first-order valence-corrected chi connectivity index (χ1v) is 12.2. The lowest BCUT2D eigenvalue weighted by atomic mass is 9.45. The zero-order valence-corrected chi connectivity index (χ0v) is 19.5. The lowest BCUT2D eigenvalue weighted by Gasteiger charge is -2.60. The Labute approximate surface area is 191 Å². The number of carbonyl (C=O) groups excluding carboxylic acids is 1. The summed E-state index contributed by atoms with van der Waals surface area (Å²) in [6.45, 7) is 10.7. The Morgan fingerprint density at radius 1 is 1.19 bits per heavy atom. The van der Waals surface area contributed by atoms with E-state index in [2.05, 4.69) is 27.4 Å². The maximum absolute atomic E-state index is 12.2. The number of benzene rings is 1. The third-order valence-electron chi connectivity index (χ3n) is 9.89. The molecular weight excluding hydrogens is 400 g/mol. The monoisotopic (exact) mass is 436 g/mol. The first-order chi connectivity index (χ1) is 15.1. The second-order valence-corrected chi connectivity index (χ2v) is 11.3. The molecule has 1 aromatic rings. The SMILES string of the molecule is C=C(Oc1ccccc1)[C@@]1(O)[C@H](C)C[C@H]2[C@@H]3CCC4=CC(=O)CC[C@]4(C)[C@H]3[C@@H](O)C[C@@]21C. The standard InChI is InChI=1S/C28H36O4/c1-17-14-23-22-11-10-19-15-20(29)12-13-26(19,3)25(22)24(30)16-27(23,4)28(17,31)18(2)32-21-8-6-5-7-9-21/h5-9,15,17,22-25,30-31H,2,10-14,16H2,1,3-4H3/t17-,22+,23+,24+,25-,26+,27+,28+/m1/s1. The van der Waals surface area contributed by atoms with Gasteiger partial charge in [-0.2, -0.15) is 0 Å². The fourth-order valence-corrected chi connectivity index (χ4v) is 8.32. The Balaban J connectivity index is 1.50. The molecule has 4 nitrogen and oxygen atoms in total. The quantitative estimate of drug-likeness (QED) is 0.650. The minimum absolute atomic E-state index is 0.0164. The molecule has 1 aromatic carbocycles. The molecule has 0 saturated heterocycles. The van der Waals surface area contributed by atoms with Gasteiger partial charge in [-0.15, -0.1) is 0 Å². The predicted molar refractivity (Wildman–Crippen MR) is 124 cm³/mol. The van der Waals surface area contributed by atoms with Gasteiger partial charge in [-0.05, 0) is 79.4 Å². The van der Waals surface area contributed by atoms with Crippen molar-refractivity contribution in [1.29, 1.82) is 0 Å². The summed E-state index contributed by atoms with van der Waals surface area (Å²) in [7, 11) is 0. The molecule has 4 heteroatoms. The Morgan fingerprint density at radius 3 is 2.62 bits per heavy atom. The number of ketones is 1. The molecule has 2 N–H and O–H groups in total.